The van der Waals surface area contributed by atoms with Gasteiger partial charge in [-0.1, -0.05) is 29.8 Å². The first kappa shape index (κ1) is 18.7. The maximum atomic E-state index is 11.8. The Morgan fingerprint density at radius 2 is 1.89 bits per heavy atom. The zero-order valence-electron chi connectivity index (χ0n) is 15.0. The summed E-state index contributed by atoms with van der Waals surface area (Å²) in [6.45, 7) is 3.83. The second kappa shape index (κ2) is 8.56. The molecular formula is C21H19ClN2O3. The molecule has 0 fully saturated rings. The van der Waals surface area contributed by atoms with E-state index >= 15 is 0 Å². The summed E-state index contributed by atoms with van der Waals surface area (Å²) in [4.78, 5) is 11.8. The van der Waals surface area contributed by atoms with Crippen molar-refractivity contribution in [1.82, 2.24) is 5.43 Å². The number of benzene rings is 2. The van der Waals surface area contributed by atoms with E-state index in [9.17, 15) is 4.79 Å². The highest BCUT2D eigenvalue weighted by atomic mass is 35.5. The smallest absolute Gasteiger partial charge is 0.277 e. The lowest BCUT2D eigenvalue weighted by Gasteiger charge is -2.07. The van der Waals surface area contributed by atoms with Crippen molar-refractivity contribution in [1.29, 1.82) is 0 Å². The monoisotopic (exact) mass is 382 g/mol. The summed E-state index contributed by atoms with van der Waals surface area (Å²) in [5.41, 5.74) is 5.36. The van der Waals surface area contributed by atoms with Crippen molar-refractivity contribution < 1.29 is 13.9 Å². The summed E-state index contributed by atoms with van der Waals surface area (Å²) >= 11 is 6.15. The van der Waals surface area contributed by atoms with Gasteiger partial charge in [0, 0.05) is 5.56 Å². The Morgan fingerprint density at radius 1 is 1.15 bits per heavy atom. The van der Waals surface area contributed by atoms with Crippen LogP contribution >= 0.6 is 11.6 Å². The van der Waals surface area contributed by atoms with Crippen LogP contribution in [-0.2, 0) is 4.79 Å². The molecule has 138 valence electrons. The lowest BCUT2D eigenvalue weighted by molar-refractivity contribution is -0.123. The number of furan rings is 1. The van der Waals surface area contributed by atoms with Gasteiger partial charge in [0.2, 0.25) is 0 Å². The Kier molecular flexibility index (Phi) is 5.94. The molecule has 0 saturated heterocycles. The number of hydrazone groups is 1. The van der Waals surface area contributed by atoms with Crippen LogP contribution in [0, 0.1) is 13.8 Å². The number of halogens is 1. The van der Waals surface area contributed by atoms with Gasteiger partial charge in [-0.25, -0.2) is 5.43 Å². The third-order valence-electron chi connectivity index (χ3n) is 3.71. The molecule has 1 amide bonds. The van der Waals surface area contributed by atoms with Crippen LogP contribution in [0.2, 0.25) is 5.02 Å². The molecule has 2 aromatic carbocycles. The van der Waals surface area contributed by atoms with Crippen molar-refractivity contribution in [3.8, 4) is 17.1 Å². The Labute approximate surface area is 162 Å². The minimum atomic E-state index is -0.358. The van der Waals surface area contributed by atoms with E-state index in [1.54, 1.807) is 18.2 Å². The fraction of sp³-hybridized carbons (Fsp3) is 0.143. The SMILES string of the molecule is Cc1cc(C)cc(OCC(=O)NN=Cc2ccc(-c3ccccc3Cl)o2)c1. The molecule has 0 spiro atoms. The molecule has 1 aromatic heterocycles. The molecule has 1 heterocycles. The molecule has 1 N–H and O–H groups in total. The number of ether oxygens (including phenoxy) is 1. The van der Waals surface area contributed by atoms with Gasteiger partial charge < -0.3 is 9.15 Å². The van der Waals surface area contributed by atoms with Gasteiger partial charge in [0.25, 0.3) is 5.91 Å². The highest BCUT2D eigenvalue weighted by Gasteiger charge is 2.07. The number of nitrogens with zero attached hydrogens (tertiary/aromatic N) is 1. The Balaban J connectivity index is 1.53. The molecule has 0 aliphatic heterocycles. The number of nitrogens with one attached hydrogen (secondary N) is 1. The lowest BCUT2D eigenvalue weighted by atomic mass is 10.1. The molecular weight excluding hydrogens is 364 g/mol. The summed E-state index contributed by atoms with van der Waals surface area (Å²) in [6.07, 6.45) is 1.43. The van der Waals surface area contributed by atoms with Gasteiger partial charge in [-0.2, -0.15) is 5.10 Å². The van der Waals surface area contributed by atoms with Gasteiger partial charge in [-0.15, -0.1) is 0 Å². The zero-order chi connectivity index (χ0) is 19.2. The predicted molar refractivity (Wildman–Crippen MR) is 106 cm³/mol. The average molecular weight is 383 g/mol. The van der Waals surface area contributed by atoms with Crippen LogP contribution in [-0.4, -0.2) is 18.7 Å². The van der Waals surface area contributed by atoms with Gasteiger partial charge in [0.15, 0.2) is 6.61 Å². The van der Waals surface area contributed by atoms with Crippen LogP contribution < -0.4 is 10.2 Å². The van der Waals surface area contributed by atoms with Gasteiger partial charge in [0.1, 0.15) is 17.3 Å². The maximum Gasteiger partial charge on any atom is 0.277 e. The molecule has 0 atom stereocenters. The van der Waals surface area contributed by atoms with E-state index in [4.69, 9.17) is 20.8 Å². The standard InChI is InChI=1S/C21H19ClN2O3/c1-14-9-15(2)11-17(10-14)26-13-21(25)24-23-12-16-7-8-20(27-16)18-5-3-4-6-19(18)22/h3-12H,13H2,1-2H3,(H,24,25). The molecule has 0 aliphatic rings. The van der Waals surface area contributed by atoms with Gasteiger partial charge >= 0.3 is 0 Å². The topological polar surface area (TPSA) is 63.8 Å². The summed E-state index contributed by atoms with van der Waals surface area (Å²) in [6, 6.07) is 16.7. The van der Waals surface area contributed by atoms with Gasteiger partial charge in [0.05, 0.1) is 11.2 Å². The number of rotatable bonds is 6. The molecule has 0 saturated carbocycles. The Morgan fingerprint density at radius 3 is 2.63 bits per heavy atom. The summed E-state index contributed by atoms with van der Waals surface area (Å²) in [5.74, 6) is 1.43. The Hall–Kier alpha value is -3.05. The van der Waals surface area contributed by atoms with Crippen LogP contribution in [0.15, 0.2) is 64.1 Å². The largest absolute Gasteiger partial charge is 0.484 e. The Bertz CT molecular complexity index is 959. The highest BCUT2D eigenvalue weighted by Crippen LogP contribution is 2.28. The van der Waals surface area contributed by atoms with E-state index < -0.39 is 0 Å². The lowest BCUT2D eigenvalue weighted by Crippen LogP contribution is -2.24. The van der Waals surface area contributed by atoms with E-state index in [-0.39, 0.29) is 12.5 Å². The van der Waals surface area contributed by atoms with Crippen molar-refractivity contribution >= 4 is 23.7 Å². The quantitative estimate of drug-likeness (QED) is 0.494. The van der Waals surface area contributed by atoms with Crippen LogP contribution in [0.25, 0.3) is 11.3 Å². The minimum absolute atomic E-state index is 0.122. The van der Waals surface area contributed by atoms with E-state index in [1.165, 1.54) is 6.21 Å². The first-order valence-corrected chi connectivity index (χ1v) is 8.77. The summed E-state index contributed by atoms with van der Waals surface area (Å²) in [5, 5.41) is 4.49. The predicted octanol–water partition coefficient (Wildman–Crippen LogP) is 4.75. The normalized spacial score (nSPS) is 10.9. The fourth-order valence-corrected chi connectivity index (χ4v) is 2.82. The van der Waals surface area contributed by atoms with E-state index in [1.807, 2.05) is 50.2 Å². The van der Waals surface area contributed by atoms with Crippen LogP contribution in [0.1, 0.15) is 16.9 Å². The molecule has 6 heteroatoms. The molecule has 5 nitrogen and oxygen atoms in total. The van der Waals surface area contributed by atoms with Crippen molar-refractivity contribution in [2.24, 2.45) is 5.10 Å². The van der Waals surface area contributed by atoms with Crippen LogP contribution in [0.3, 0.4) is 0 Å². The molecule has 0 unspecified atom stereocenters. The van der Waals surface area contributed by atoms with Crippen molar-refractivity contribution in [3.05, 3.63) is 76.5 Å². The minimum Gasteiger partial charge on any atom is -0.484 e. The molecule has 0 bridgehead atoms. The number of hydrogen-bond acceptors (Lipinski definition) is 4. The van der Waals surface area contributed by atoms with Gasteiger partial charge in [-0.05, 0) is 61.4 Å². The van der Waals surface area contributed by atoms with Crippen LogP contribution in [0.5, 0.6) is 5.75 Å². The number of carbonyl (C=O) groups is 1. The number of amides is 1. The van der Waals surface area contributed by atoms with Crippen molar-refractivity contribution in [2.45, 2.75) is 13.8 Å². The van der Waals surface area contributed by atoms with Crippen molar-refractivity contribution in [3.63, 3.8) is 0 Å². The zero-order valence-corrected chi connectivity index (χ0v) is 15.8. The molecule has 0 aliphatic carbocycles. The van der Waals surface area contributed by atoms with Crippen LogP contribution in [0.4, 0.5) is 0 Å². The summed E-state index contributed by atoms with van der Waals surface area (Å²) in [7, 11) is 0. The number of hydrogen-bond donors (Lipinski definition) is 1. The third-order valence-corrected chi connectivity index (χ3v) is 4.04. The first-order valence-electron chi connectivity index (χ1n) is 8.39. The highest BCUT2D eigenvalue weighted by molar-refractivity contribution is 6.33. The molecule has 3 rings (SSSR count). The second-order valence-corrected chi connectivity index (χ2v) is 6.49. The molecule has 27 heavy (non-hydrogen) atoms. The third kappa shape index (κ3) is 5.21. The number of aryl methyl sites for hydroxylation is 2. The molecule has 3 aromatic rings. The fourth-order valence-electron chi connectivity index (χ4n) is 2.59. The average Bonchev–Trinajstić information content (AvgIpc) is 3.08. The van der Waals surface area contributed by atoms with E-state index in [2.05, 4.69) is 10.5 Å². The summed E-state index contributed by atoms with van der Waals surface area (Å²) < 4.78 is 11.2. The van der Waals surface area contributed by atoms with E-state index in [0.29, 0.717) is 22.3 Å². The van der Waals surface area contributed by atoms with Crippen molar-refractivity contribution in [2.75, 3.05) is 6.61 Å². The second-order valence-electron chi connectivity index (χ2n) is 6.09. The molecule has 0 radical (unpaired) electrons. The number of carbonyl (C=O) groups excluding carboxylic acids is 1. The maximum absolute atomic E-state index is 11.8. The first-order chi connectivity index (χ1) is 13.0. The van der Waals surface area contributed by atoms with E-state index in [0.717, 1.165) is 16.7 Å². The van der Waals surface area contributed by atoms with Gasteiger partial charge in [-0.3, -0.25) is 4.79 Å².